The molecule has 0 saturated heterocycles. The molecule has 0 rings (SSSR count). The SMILES string of the molecule is CCCCCCCCCCCCCCCCCCCCCCCCCCCCCCC(=O)N(O)N=C=O. The number of isocyanates is 1. The summed E-state index contributed by atoms with van der Waals surface area (Å²) >= 11 is 0. The molecular weight excluding hydrogens is 460 g/mol. The Hall–Kier alpha value is -1.19. The number of hydrazone groups is 1. The molecule has 0 heterocycles. The predicted octanol–water partition coefficient (Wildman–Crippen LogP) is 10.8. The van der Waals surface area contributed by atoms with Crippen LogP contribution >= 0.6 is 0 Å². The standard InChI is InChI=1S/C32H62N2O3/c1-2-3-4-5-6-7-8-9-10-11-12-13-14-15-16-17-18-19-20-21-22-23-24-25-26-27-28-29-30-32(36)34(37)33-31-35/h37H,2-30H2,1H3. The molecule has 0 aromatic rings. The Balaban J connectivity index is 3.11. The van der Waals surface area contributed by atoms with Crippen molar-refractivity contribution < 1.29 is 14.8 Å². The van der Waals surface area contributed by atoms with Crippen molar-refractivity contribution >= 4 is 12.0 Å². The molecule has 1 amide bonds. The van der Waals surface area contributed by atoms with Gasteiger partial charge in [-0.05, 0) is 6.42 Å². The van der Waals surface area contributed by atoms with Crippen LogP contribution in [-0.2, 0) is 9.59 Å². The number of hydroxylamine groups is 1. The monoisotopic (exact) mass is 522 g/mol. The Labute approximate surface area is 230 Å². The van der Waals surface area contributed by atoms with Crippen molar-refractivity contribution in [1.29, 1.82) is 0 Å². The van der Waals surface area contributed by atoms with Crippen molar-refractivity contribution in [2.45, 2.75) is 193 Å². The Morgan fingerprint density at radius 2 is 0.757 bits per heavy atom. The molecule has 0 aliphatic carbocycles. The highest BCUT2D eigenvalue weighted by Crippen LogP contribution is 2.16. The van der Waals surface area contributed by atoms with Crippen LogP contribution in [0.3, 0.4) is 0 Å². The number of carbonyl (C=O) groups excluding carboxylic acids is 2. The van der Waals surface area contributed by atoms with Crippen LogP contribution in [0.5, 0.6) is 0 Å². The van der Waals surface area contributed by atoms with Crippen LogP contribution in [0.4, 0.5) is 0 Å². The molecule has 0 bridgehead atoms. The minimum atomic E-state index is -0.543. The van der Waals surface area contributed by atoms with E-state index in [0.29, 0.717) is 0 Å². The molecule has 0 aliphatic rings. The fourth-order valence-electron chi connectivity index (χ4n) is 5.14. The molecule has 1 N–H and O–H groups in total. The molecule has 0 saturated carbocycles. The van der Waals surface area contributed by atoms with Crippen molar-refractivity contribution in [3.8, 4) is 0 Å². The largest absolute Gasteiger partial charge is 0.270 e. The Bertz CT molecular complexity index is 520. The van der Waals surface area contributed by atoms with Gasteiger partial charge in [0.25, 0.3) is 12.0 Å². The first-order chi connectivity index (χ1) is 18.2. The second-order valence-corrected chi connectivity index (χ2v) is 11.2. The molecule has 0 unspecified atom stereocenters. The summed E-state index contributed by atoms with van der Waals surface area (Å²) in [5.41, 5.74) is 0. The summed E-state index contributed by atoms with van der Waals surface area (Å²) in [4.78, 5) is 21.4. The first-order valence-electron chi connectivity index (χ1n) is 16.3. The number of rotatable bonds is 30. The van der Waals surface area contributed by atoms with E-state index in [1.165, 1.54) is 161 Å². The predicted molar refractivity (Wildman–Crippen MR) is 156 cm³/mol. The van der Waals surface area contributed by atoms with Crippen molar-refractivity contribution in [3.63, 3.8) is 0 Å². The van der Waals surface area contributed by atoms with Gasteiger partial charge >= 0.3 is 0 Å². The summed E-state index contributed by atoms with van der Waals surface area (Å²) in [5, 5.41) is 12.0. The third kappa shape index (κ3) is 29.2. The van der Waals surface area contributed by atoms with E-state index in [1.807, 2.05) is 0 Å². The minimum absolute atomic E-state index is 0.0913. The lowest BCUT2D eigenvalue weighted by atomic mass is 10.0. The molecule has 0 atom stereocenters. The summed E-state index contributed by atoms with van der Waals surface area (Å²) in [6, 6.07) is 0. The van der Waals surface area contributed by atoms with Gasteiger partial charge in [0.2, 0.25) is 0 Å². The van der Waals surface area contributed by atoms with E-state index in [4.69, 9.17) is 5.21 Å². The molecular formula is C32H62N2O3. The van der Waals surface area contributed by atoms with E-state index >= 15 is 0 Å². The molecule has 0 fully saturated rings. The van der Waals surface area contributed by atoms with Gasteiger partial charge in [-0.25, -0.2) is 4.79 Å². The van der Waals surface area contributed by atoms with Gasteiger partial charge in [0.1, 0.15) is 0 Å². The van der Waals surface area contributed by atoms with Crippen LogP contribution in [-0.4, -0.2) is 22.4 Å². The maximum absolute atomic E-state index is 11.4. The highest BCUT2D eigenvalue weighted by atomic mass is 16.5. The van der Waals surface area contributed by atoms with Gasteiger partial charge in [0.05, 0.1) is 0 Å². The number of hydrogen-bond donors (Lipinski definition) is 1. The van der Waals surface area contributed by atoms with Gasteiger partial charge in [-0.1, -0.05) is 191 Å². The molecule has 5 nitrogen and oxygen atoms in total. The van der Waals surface area contributed by atoms with Gasteiger partial charge in [-0.3, -0.25) is 10.0 Å². The van der Waals surface area contributed by atoms with Crippen LogP contribution in [0.1, 0.15) is 193 Å². The zero-order valence-corrected chi connectivity index (χ0v) is 24.7. The van der Waals surface area contributed by atoms with Crippen LogP contribution in [0.15, 0.2) is 5.10 Å². The van der Waals surface area contributed by atoms with E-state index in [2.05, 4.69) is 12.0 Å². The number of hydrogen-bond acceptors (Lipinski definition) is 4. The maximum atomic E-state index is 11.4. The zero-order valence-electron chi connectivity index (χ0n) is 24.7. The van der Waals surface area contributed by atoms with E-state index in [9.17, 15) is 9.59 Å². The van der Waals surface area contributed by atoms with Crippen LogP contribution < -0.4 is 0 Å². The van der Waals surface area contributed by atoms with E-state index in [-0.39, 0.29) is 11.6 Å². The van der Waals surface area contributed by atoms with Gasteiger partial charge in [0, 0.05) is 6.42 Å². The minimum Gasteiger partial charge on any atom is -0.270 e. The molecule has 0 aliphatic heterocycles. The van der Waals surface area contributed by atoms with Gasteiger partial charge in [0.15, 0.2) is 0 Å². The molecule has 218 valence electrons. The number of carbonyl (C=O) groups is 1. The molecule has 37 heavy (non-hydrogen) atoms. The van der Waals surface area contributed by atoms with Gasteiger partial charge < -0.3 is 0 Å². The lowest BCUT2D eigenvalue weighted by Gasteiger charge is -2.06. The third-order valence-corrected chi connectivity index (χ3v) is 7.60. The summed E-state index contributed by atoms with van der Waals surface area (Å²) < 4.78 is 0. The first kappa shape index (κ1) is 35.8. The van der Waals surface area contributed by atoms with Crippen LogP contribution in [0, 0.1) is 0 Å². The quantitative estimate of drug-likeness (QED) is 0.0335. The van der Waals surface area contributed by atoms with Crippen molar-refractivity contribution in [1.82, 2.24) is 5.17 Å². The molecule has 0 aromatic heterocycles. The average Bonchev–Trinajstić information content (AvgIpc) is 2.90. The molecule has 0 aromatic carbocycles. The van der Waals surface area contributed by atoms with Crippen LogP contribution in [0.2, 0.25) is 0 Å². The zero-order chi connectivity index (χ0) is 27.1. The lowest BCUT2D eigenvalue weighted by Crippen LogP contribution is -2.20. The summed E-state index contributed by atoms with van der Waals surface area (Å²) in [5.74, 6) is -0.543. The number of amides is 1. The summed E-state index contributed by atoms with van der Waals surface area (Å²) in [6.07, 6.45) is 39.5. The highest BCUT2D eigenvalue weighted by Gasteiger charge is 2.08. The third-order valence-electron chi connectivity index (χ3n) is 7.60. The van der Waals surface area contributed by atoms with E-state index in [0.717, 1.165) is 25.3 Å². The second-order valence-electron chi connectivity index (χ2n) is 11.2. The number of unbranched alkanes of at least 4 members (excludes halogenated alkanes) is 27. The molecule has 0 radical (unpaired) electrons. The van der Waals surface area contributed by atoms with Crippen molar-refractivity contribution in [2.24, 2.45) is 5.10 Å². The van der Waals surface area contributed by atoms with E-state index < -0.39 is 5.91 Å². The first-order valence-corrected chi connectivity index (χ1v) is 16.3. The summed E-state index contributed by atoms with van der Waals surface area (Å²) in [7, 11) is 0. The van der Waals surface area contributed by atoms with E-state index in [1.54, 1.807) is 0 Å². The molecule has 5 heteroatoms. The Kier molecular flexibility index (Phi) is 30.0. The molecule has 0 spiro atoms. The smallest absolute Gasteiger partial charge is 0.269 e. The van der Waals surface area contributed by atoms with Crippen LogP contribution in [0.25, 0.3) is 0 Å². The van der Waals surface area contributed by atoms with Crippen molar-refractivity contribution in [3.05, 3.63) is 0 Å². The Morgan fingerprint density at radius 3 is 1.00 bits per heavy atom. The second kappa shape index (κ2) is 31.0. The fourth-order valence-corrected chi connectivity index (χ4v) is 5.14. The number of nitrogens with zero attached hydrogens (tertiary/aromatic N) is 2. The Morgan fingerprint density at radius 1 is 0.514 bits per heavy atom. The van der Waals surface area contributed by atoms with Crippen molar-refractivity contribution in [2.75, 3.05) is 0 Å². The average molecular weight is 523 g/mol. The highest BCUT2D eigenvalue weighted by molar-refractivity contribution is 5.74. The lowest BCUT2D eigenvalue weighted by molar-refractivity contribution is -0.165. The maximum Gasteiger partial charge on any atom is 0.269 e. The summed E-state index contributed by atoms with van der Waals surface area (Å²) in [6.45, 7) is 2.29. The van der Waals surface area contributed by atoms with Gasteiger partial charge in [-0.15, -0.1) is 0 Å². The fraction of sp³-hybridized carbons (Fsp3) is 0.938. The van der Waals surface area contributed by atoms with Gasteiger partial charge in [-0.2, -0.15) is 0 Å². The topological polar surface area (TPSA) is 70.0 Å². The normalized spacial score (nSPS) is 11.0.